The lowest BCUT2D eigenvalue weighted by atomic mass is 10.1. The van der Waals surface area contributed by atoms with Gasteiger partial charge in [0.2, 0.25) is 0 Å². The Bertz CT molecular complexity index is 1250. The van der Waals surface area contributed by atoms with Crippen LogP contribution in [-0.4, -0.2) is 30.4 Å². The Kier molecular flexibility index (Phi) is 8.67. The molecular formula is C24H21Br2N3O5. The summed E-state index contributed by atoms with van der Waals surface area (Å²) in [6.07, 6.45) is 1.47. The molecule has 34 heavy (non-hydrogen) atoms. The van der Waals surface area contributed by atoms with E-state index in [1.165, 1.54) is 19.4 Å². The number of carbonyl (C=O) groups excluding carboxylic acids is 1. The van der Waals surface area contributed by atoms with Gasteiger partial charge in [-0.25, -0.2) is 15.0 Å². The van der Waals surface area contributed by atoms with Gasteiger partial charge in [-0.05, 0) is 76.4 Å². The smallest absolute Gasteiger partial charge is 0.339 e. The first kappa shape index (κ1) is 25.3. The van der Waals surface area contributed by atoms with E-state index in [-0.39, 0.29) is 12.2 Å². The highest BCUT2D eigenvalue weighted by atomic mass is 79.9. The minimum atomic E-state index is -1.000. The van der Waals surface area contributed by atoms with Gasteiger partial charge >= 0.3 is 12.0 Å². The van der Waals surface area contributed by atoms with Crippen molar-refractivity contribution in [2.75, 3.05) is 12.4 Å². The lowest BCUT2D eigenvalue weighted by Crippen LogP contribution is -2.24. The van der Waals surface area contributed by atoms with Crippen LogP contribution in [0.3, 0.4) is 0 Å². The number of amides is 2. The maximum Gasteiger partial charge on any atom is 0.339 e. The first-order chi connectivity index (χ1) is 16.3. The molecule has 0 saturated carbocycles. The van der Waals surface area contributed by atoms with E-state index in [2.05, 4.69) is 47.7 Å². The van der Waals surface area contributed by atoms with Gasteiger partial charge in [0.05, 0.1) is 18.9 Å². The molecule has 0 spiro atoms. The molecule has 0 atom stereocenters. The minimum Gasteiger partial charge on any atom is -0.493 e. The Morgan fingerprint density at radius 2 is 1.85 bits per heavy atom. The van der Waals surface area contributed by atoms with Crippen LogP contribution in [0.25, 0.3) is 0 Å². The van der Waals surface area contributed by atoms with Gasteiger partial charge < -0.3 is 19.9 Å². The summed E-state index contributed by atoms with van der Waals surface area (Å²) in [5, 5.41) is 15.8. The number of rotatable bonds is 8. The summed E-state index contributed by atoms with van der Waals surface area (Å²) in [4.78, 5) is 23.3. The van der Waals surface area contributed by atoms with Crippen LogP contribution in [-0.2, 0) is 6.61 Å². The number of benzene rings is 3. The number of aromatic carboxylic acids is 1. The van der Waals surface area contributed by atoms with Crippen molar-refractivity contribution in [3.63, 3.8) is 0 Å². The number of hydrazone groups is 1. The van der Waals surface area contributed by atoms with Gasteiger partial charge in [-0.15, -0.1) is 0 Å². The third kappa shape index (κ3) is 6.82. The highest BCUT2D eigenvalue weighted by molar-refractivity contribution is 9.10. The number of carboxylic acid groups (broad SMARTS) is 1. The molecule has 0 aliphatic carbocycles. The Balaban J connectivity index is 1.64. The fourth-order valence-electron chi connectivity index (χ4n) is 2.92. The molecule has 3 N–H and O–H groups in total. The number of urea groups is 1. The van der Waals surface area contributed by atoms with Crippen molar-refractivity contribution in [2.24, 2.45) is 5.10 Å². The molecule has 0 aliphatic rings. The first-order valence-electron chi connectivity index (χ1n) is 9.95. The Hall–Kier alpha value is -3.37. The molecule has 3 rings (SSSR count). The van der Waals surface area contributed by atoms with E-state index >= 15 is 0 Å². The van der Waals surface area contributed by atoms with E-state index < -0.39 is 12.0 Å². The van der Waals surface area contributed by atoms with Crippen LogP contribution in [0.15, 0.2) is 68.6 Å². The van der Waals surface area contributed by atoms with E-state index in [4.69, 9.17) is 14.6 Å². The number of halogens is 2. The van der Waals surface area contributed by atoms with E-state index in [0.717, 1.165) is 10.0 Å². The summed E-state index contributed by atoms with van der Waals surface area (Å²) >= 11 is 6.89. The van der Waals surface area contributed by atoms with E-state index in [0.29, 0.717) is 32.8 Å². The number of anilines is 1. The number of carbonyl (C=O) groups is 2. The van der Waals surface area contributed by atoms with Crippen LogP contribution >= 0.6 is 31.9 Å². The molecule has 0 saturated heterocycles. The van der Waals surface area contributed by atoms with E-state index in [9.17, 15) is 9.59 Å². The first-order valence-corrected chi connectivity index (χ1v) is 11.5. The Morgan fingerprint density at radius 3 is 2.56 bits per heavy atom. The second kappa shape index (κ2) is 11.7. The molecule has 0 aliphatic heterocycles. The zero-order valence-corrected chi connectivity index (χ0v) is 21.4. The number of methoxy groups -OCH3 is 1. The standard InChI is InChI=1S/C24H21Br2N3O5/c1-14-8-18(6-7-19(14)25)28-24(32)29-27-12-17-10-21(33-2)22(11-20(17)26)34-13-15-4-3-5-16(9-15)23(30)31/h3-12H,13H2,1-2H3,(H,30,31)(H2,28,29,32)/b27-12+. The molecule has 3 aromatic carbocycles. The summed E-state index contributed by atoms with van der Waals surface area (Å²) in [5.41, 5.74) is 5.61. The number of hydrogen-bond acceptors (Lipinski definition) is 5. The van der Waals surface area contributed by atoms with Crippen molar-refractivity contribution in [2.45, 2.75) is 13.5 Å². The Labute approximate surface area is 213 Å². The van der Waals surface area contributed by atoms with Crippen LogP contribution < -0.4 is 20.2 Å². The molecule has 10 heteroatoms. The normalized spacial score (nSPS) is 10.7. The SMILES string of the molecule is COc1cc(/C=N/NC(=O)Nc2ccc(Br)c(C)c2)c(Br)cc1OCc1cccc(C(=O)O)c1. The third-order valence-corrected chi connectivity index (χ3v) is 6.21. The quantitative estimate of drug-likeness (QED) is 0.221. The van der Waals surface area contributed by atoms with Gasteiger partial charge in [-0.1, -0.05) is 28.1 Å². The summed E-state index contributed by atoms with van der Waals surface area (Å²) < 4.78 is 12.9. The number of nitrogens with zero attached hydrogens (tertiary/aromatic N) is 1. The molecule has 8 nitrogen and oxygen atoms in total. The van der Waals surface area contributed by atoms with Gasteiger partial charge in [0.25, 0.3) is 0 Å². The molecule has 0 bridgehead atoms. The molecule has 176 valence electrons. The number of hydrogen-bond donors (Lipinski definition) is 3. The monoisotopic (exact) mass is 589 g/mol. The van der Waals surface area contributed by atoms with Crippen molar-refractivity contribution < 1.29 is 24.2 Å². The highest BCUT2D eigenvalue weighted by Gasteiger charge is 2.11. The average Bonchev–Trinajstić information content (AvgIpc) is 2.81. The molecule has 2 amide bonds. The fraction of sp³-hybridized carbons (Fsp3) is 0.125. The zero-order chi connectivity index (χ0) is 24.7. The van der Waals surface area contributed by atoms with Crippen LogP contribution in [0, 0.1) is 6.92 Å². The predicted octanol–water partition coefficient (Wildman–Crippen LogP) is 5.96. The van der Waals surface area contributed by atoms with Crippen molar-refractivity contribution in [1.82, 2.24) is 5.43 Å². The van der Waals surface area contributed by atoms with Gasteiger partial charge in [-0.3, -0.25) is 0 Å². The summed E-state index contributed by atoms with van der Waals surface area (Å²) in [6.45, 7) is 2.09. The molecule has 0 heterocycles. The van der Waals surface area contributed by atoms with Crippen molar-refractivity contribution >= 4 is 55.8 Å². The maximum absolute atomic E-state index is 12.1. The highest BCUT2D eigenvalue weighted by Crippen LogP contribution is 2.33. The molecule has 0 radical (unpaired) electrons. The number of aryl methyl sites for hydroxylation is 1. The molecule has 0 unspecified atom stereocenters. The Morgan fingerprint density at radius 1 is 1.06 bits per heavy atom. The summed E-state index contributed by atoms with van der Waals surface area (Å²) in [6, 6.07) is 14.9. The van der Waals surface area contributed by atoms with E-state index in [1.807, 2.05) is 19.1 Å². The molecule has 0 fully saturated rings. The third-order valence-electron chi connectivity index (χ3n) is 4.64. The van der Waals surface area contributed by atoms with Crippen LogP contribution in [0.2, 0.25) is 0 Å². The number of ether oxygens (including phenoxy) is 2. The lowest BCUT2D eigenvalue weighted by Gasteiger charge is -2.13. The number of nitrogens with one attached hydrogen (secondary N) is 2. The summed E-state index contributed by atoms with van der Waals surface area (Å²) in [5.74, 6) is -0.0857. The van der Waals surface area contributed by atoms with Gasteiger partial charge in [0.1, 0.15) is 6.61 Å². The van der Waals surface area contributed by atoms with Gasteiger partial charge in [0, 0.05) is 20.2 Å². The van der Waals surface area contributed by atoms with Crippen molar-refractivity contribution in [3.05, 3.63) is 85.8 Å². The van der Waals surface area contributed by atoms with Crippen LogP contribution in [0.1, 0.15) is 27.0 Å². The lowest BCUT2D eigenvalue weighted by molar-refractivity contribution is 0.0696. The molecule has 3 aromatic rings. The largest absolute Gasteiger partial charge is 0.493 e. The topological polar surface area (TPSA) is 109 Å². The summed E-state index contributed by atoms with van der Waals surface area (Å²) in [7, 11) is 1.51. The fourth-order valence-corrected chi connectivity index (χ4v) is 3.59. The number of carboxylic acids is 1. The van der Waals surface area contributed by atoms with Gasteiger partial charge in [-0.2, -0.15) is 5.10 Å². The second-order valence-corrected chi connectivity index (χ2v) is 8.82. The molecule has 0 aromatic heterocycles. The zero-order valence-electron chi connectivity index (χ0n) is 18.3. The van der Waals surface area contributed by atoms with Gasteiger partial charge in [0.15, 0.2) is 11.5 Å². The predicted molar refractivity (Wildman–Crippen MR) is 137 cm³/mol. The van der Waals surface area contributed by atoms with Crippen molar-refractivity contribution in [1.29, 1.82) is 0 Å². The minimum absolute atomic E-state index is 0.161. The maximum atomic E-state index is 12.1. The van der Waals surface area contributed by atoms with Crippen LogP contribution in [0.4, 0.5) is 10.5 Å². The average molecular weight is 591 g/mol. The molecular weight excluding hydrogens is 570 g/mol. The van der Waals surface area contributed by atoms with Crippen molar-refractivity contribution in [3.8, 4) is 11.5 Å². The van der Waals surface area contributed by atoms with Crippen LogP contribution in [0.5, 0.6) is 11.5 Å². The van der Waals surface area contributed by atoms with E-state index in [1.54, 1.807) is 36.4 Å². The second-order valence-electron chi connectivity index (χ2n) is 7.11.